The minimum Gasteiger partial charge on any atom is -0.370 e. The number of rotatable bonds is 4. The monoisotopic (exact) mass is 381 g/mol. The summed E-state index contributed by atoms with van der Waals surface area (Å²) in [5.74, 6) is 0. The van der Waals surface area contributed by atoms with Crippen LogP contribution in [0.5, 0.6) is 0 Å². The van der Waals surface area contributed by atoms with Gasteiger partial charge in [0, 0.05) is 33.8 Å². The summed E-state index contributed by atoms with van der Waals surface area (Å²) in [7, 11) is 2.03. The number of benzene rings is 2. The lowest BCUT2D eigenvalue weighted by atomic mass is 10.2. The van der Waals surface area contributed by atoms with Crippen LogP contribution < -0.4 is 4.90 Å². The van der Waals surface area contributed by atoms with E-state index in [2.05, 4.69) is 48.9 Å². The van der Waals surface area contributed by atoms with Gasteiger partial charge in [0.2, 0.25) is 0 Å². The lowest BCUT2D eigenvalue weighted by Crippen LogP contribution is -2.16. The van der Waals surface area contributed by atoms with E-state index >= 15 is 0 Å². The largest absolute Gasteiger partial charge is 0.370 e. The maximum atomic E-state index is 10.8. The third-order valence-corrected chi connectivity index (χ3v) is 4.04. The predicted molar refractivity (Wildman–Crippen MR) is 85.8 cm³/mol. The normalized spacial score (nSPS) is 10.3. The van der Waals surface area contributed by atoms with Gasteiger partial charge in [0.1, 0.15) is 0 Å². The number of anilines is 1. The Labute approximate surface area is 129 Å². The number of carbonyl (C=O) groups excluding carboxylic acids is 1. The first-order valence-corrected chi connectivity index (χ1v) is 7.39. The van der Waals surface area contributed by atoms with Gasteiger partial charge in [-0.3, -0.25) is 4.79 Å². The van der Waals surface area contributed by atoms with E-state index < -0.39 is 0 Å². The molecule has 2 nitrogen and oxygen atoms in total. The molecule has 0 N–H and O–H groups in total. The molecule has 0 spiro atoms. The highest BCUT2D eigenvalue weighted by atomic mass is 79.9. The molecule has 2 aromatic rings. The first kappa shape index (κ1) is 14.3. The van der Waals surface area contributed by atoms with Crippen LogP contribution in [0.15, 0.2) is 51.4 Å². The van der Waals surface area contributed by atoms with Crippen LogP contribution in [-0.2, 0) is 6.54 Å². The molecule has 0 amide bonds. The molecule has 0 aliphatic heterocycles. The van der Waals surface area contributed by atoms with Gasteiger partial charge in [0.25, 0.3) is 0 Å². The van der Waals surface area contributed by atoms with Crippen molar-refractivity contribution in [1.29, 1.82) is 0 Å². The molecule has 0 saturated carbocycles. The topological polar surface area (TPSA) is 20.3 Å². The summed E-state index contributed by atoms with van der Waals surface area (Å²) in [5, 5.41) is 0. The maximum absolute atomic E-state index is 10.8. The molecule has 2 rings (SSSR count). The van der Waals surface area contributed by atoms with E-state index in [4.69, 9.17) is 0 Å². The zero-order chi connectivity index (χ0) is 13.8. The summed E-state index contributed by atoms with van der Waals surface area (Å²) in [5.41, 5.74) is 2.96. The molecular weight excluding hydrogens is 370 g/mol. The molecule has 4 heteroatoms. The van der Waals surface area contributed by atoms with Crippen LogP contribution in [0.3, 0.4) is 0 Å². The van der Waals surface area contributed by atoms with Crippen molar-refractivity contribution in [2.45, 2.75) is 6.54 Å². The number of aldehydes is 1. The van der Waals surface area contributed by atoms with Gasteiger partial charge >= 0.3 is 0 Å². The first-order valence-electron chi connectivity index (χ1n) is 5.80. The van der Waals surface area contributed by atoms with E-state index in [0.29, 0.717) is 5.56 Å². The van der Waals surface area contributed by atoms with E-state index in [-0.39, 0.29) is 0 Å². The average molecular weight is 383 g/mol. The Morgan fingerprint density at radius 2 is 1.95 bits per heavy atom. The van der Waals surface area contributed by atoms with Crippen LogP contribution in [0.25, 0.3) is 0 Å². The van der Waals surface area contributed by atoms with E-state index in [1.807, 2.05) is 37.4 Å². The smallest absolute Gasteiger partial charge is 0.151 e. The van der Waals surface area contributed by atoms with Gasteiger partial charge in [0.15, 0.2) is 6.29 Å². The zero-order valence-electron chi connectivity index (χ0n) is 10.4. The van der Waals surface area contributed by atoms with Gasteiger partial charge in [0.05, 0.1) is 0 Å². The summed E-state index contributed by atoms with van der Waals surface area (Å²) in [6, 6.07) is 14.0. The van der Waals surface area contributed by atoms with Gasteiger partial charge in [-0.1, -0.05) is 28.1 Å². The Morgan fingerprint density at radius 3 is 2.58 bits per heavy atom. The molecular formula is C15H13Br2NO. The Kier molecular flexibility index (Phi) is 4.77. The molecule has 0 radical (unpaired) electrons. The molecule has 0 aromatic heterocycles. The fourth-order valence-corrected chi connectivity index (χ4v) is 2.76. The fourth-order valence-electron chi connectivity index (χ4n) is 1.85. The lowest BCUT2D eigenvalue weighted by molar-refractivity contribution is 0.112. The van der Waals surface area contributed by atoms with Crippen molar-refractivity contribution < 1.29 is 4.79 Å². The minimum atomic E-state index is 0.666. The molecule has 19 heavy (non-hydrogen) atoms. The van der Waals surface area contributed by atoms with Crippen molar-refractivity contribution in [3.8, 4) is 0 Å². The minimum absolute atomic E-state index is 0.666. The SMILES string of the molecule is CN(Cc1cccc(Br)c1)c1ccc(C=O)c(Br)c1. The van der Waals surface area contributed by atoms with Crippen LogP contribution in [0, 0.1) is 0 Å². The Morgan fingerprint density at radius 1 is 1.16 bits per heavy atom. The molecule has 0 heterocycles. The van der Waals surface area contributed by atoms with Crippen molar-refractivity contribution in [3.63, 3.8) is 0 Å². The second-order valence-electron chi connectivity index (χ2n) is 4.31. The number of hydrogen-bond donors (Lipinski definition) is 0. The van der Waals surface area contributed by atoms with Crippen LogP contribution in [-0.4, -0.2) is 13.3 Å². The van der Waals surface area contributed by atoms with Crippen LogP contribution in [0.2, 0.25) is 0 Å². The summed E-state index contributed by atoms with van der Waals surface area (Å²) in [4.78, 5) is 12.9. The molecule has 0 unspecified atom stereocenters. The maximum Gasteiger partial charge on any atom is 0.151 e. The molecule has 98 valence electrons. The molecule has 0 atom stereocenters. The van der Waals surface area contributed by atoms with Crippen molar-refractivity contribution >= 4 is 43.8 Å². The summed E-state index contributed by atoms with van der Waals surface area (Å²) < 4.78 is 1.90. The number of nitrogens with zero attached hydrogens (tertiary/aromatic N) is 1. The first-order chi connectivity index (χ1) is 9.10. The molecule has 0 aliphatic carbocycles. The van der Waals surface area contributed by atoms with Crippen LogP contribution >= 0.6 is 31.9 Å². The average Bonchev–Trinajstić information content (AvgIpc) is 2.38. The third-order valence-electron chi connectivity index (χ3n) is 2.86. The molecule has 0 aliphatic rings. The van der Waals surface area contributed by atoms with Gasteiger partial charge in [-0.15, -0.1) is 0 Å². The quantitative estimate of drug-likeness (QED) is 0.716. The number of halogens is 2. The Hall–Kier alpha value is -1.13. The van der Waals surface area contributed by atoms with Crippen molar-refractivity contribution in [1.82, 2.24) is 0 Å². The standard InChI is InChI=1S/C15H13Br2NO/c1-18(9-11-3-2-4-13(16)7-11)14-6-5-12(10-19)15(17)8-14/h2-8,10H,9H2,1H3. The molecule has 0 fully saturated rings. The van der Waals surface area contributed by atoms with Gasteiger partial charge in [-0.25, -0.2) is 0 Å². The van der Waals surface area contributed by atoms with E-state index in [1.165, 1.54) is 5.56 Å². The van der Waals surface area contributed by atoms with Crippen molar-refractivity contribution in [2.75, 3.05) is 11.9 Å². The van der Waals surface area contributed by atoms with Gasteiger partial charge < -0.3 is 4.90 Å². The third kappa shape index (κ3) is 3.67. The van der Waals surface area contributed by atoms with Crippen LogP contribution in [0.4, 0.5) is 5.69 Å². The van der Waals surface area contributed by atoms with Crippen LogP contribution in [0.1, 0.15) is 15.9 Å². The second-order valence-corrected chi connectivity index (χ2v) is 6.08. The Balaban J connectivity index is 2.18. The summed E-state index contributed by atoms with van der Waals surface area (Å²) in [6.45, 7) is 0.812. The molecule has 0 bridgehead atoms. The Bertz CT molecular complexity index is 598. The second kappa shape index (κ2) is 6.35. The highest BCUT2D eigenvalue weighted by Crippen LogP contribution is 2.24. The highest BCUT2D eigenvalue weighted by molar-refractivity contribution is 9.10. The van der Waals surface area contributed by atoms with E-state index in [0.717, 1.165) is 27.5 Å². The summed E-state index contributed by atoms with van der Waals surface area (Å²) >= 11 is 6.88. The lowest BCUT2D eigenvalue weighted by Gasteiger charge is -2.20. The summed E-state index contributed by atoms with van der Waals surface area (Å²) in [6.07, 6.45) is 0.849. The number of carbonyl (C=O) groups is 1. The van der Waals surface area contributed by atoms with E-state index in [9.17, 15) is 4.79 Å². The van der Waals surface area contributed by atoms with Gasteiger partial charge in [-0.05, 0) is 51.8 Å². The number of hydrogen-bond acceptors (Lipinski definition) is 2. The zero-order valence-corrected chi connectivity index (χ0v) is 13.6. The van der Waals surface area contributed by atoms with Gasteiger partial charge in [-0.2, -0.15) is 0 Å². The van der Waals surface area contributed by atoms with E-state index in [1.54, 1.807) is 0 Å². The predicted octanol–water partition coefficient (Wildman–Crippen LogP) is 4.66. The van der Waals surface area contributed by atoms with Crippen molar-refractivity contribution in [2.24, 2.45) is 0 Å². The molecule has 2 aromatic carbocycles. The van der Waals surface area contributed by atoms with Crippen molar-refractivity contribution in [3.05, 3.63) is 62.5 Å². The molecule has 0 saturated heterocycles. The fraction of sp³-hybridized carbons (Fsp3) is 0.133. The highest BCUT2D eigenvalue weighted by Gasteiger charge is 2.05.